The largest absolute Gasteiger partial charge is 0.497 e. The Morgan fingerprint density at radius 2 is 2.17 bits per heavy atom. The Morgan fingerprint density at radius 3 is 2.83 bits per heavy atom. The number of hydrogen-bond acceptors (Lipinski definition) is 4. The van der Waals surface area contributed by atoms with Crippen molar-refractivity contribution in [3.63, 3.8) is 0 Å². The van der Waals surface area contributed by atoms with E-state index in [0.717, 1.165) is 17.7 Å². The molecule has 0 aliphatic heterocycles. The van der Waals surface area contributed by atoms with Gasteiger partial charge in [0.25, 0.3) is 5.91 Å². The number of hydrogen-bond donors (Lipinski definition) is 2. The Bertz CT molecular complexity index is 661. The molecule has 0 bridgehead atoms. The van der Waals surface area contributed by atoms with E-state index in [1.807, 2.05) is 38.1 Å². The summed E-state index contributed by atoms with van der Waals surface area (Å²) in [6.45, 7) is 4.68. The van der Waals surface area contributed by atoms with E-state index in [-0.39, 0.29) is 12.5 Å². The number of imidazole rings is 1. The normalized spacial score (nSPS) is 10.6. The average molecular weight is 317 g/mol. The van der Waals surface area contributed by atoms with Crippen molar-refractivity contribution in [2.24, 2.45) is 0 Å². The van der Waals surface area contributed by atoms with E-state index in [1.54, 1.807) is 12.0 Å². The zero-order valence-electron chi connectivity index (χ0n) is 13.8. The number of H-pyrrole nitrogens is 1. The Labute approximate surface area is 136 Å². The van der Waals surface area contributed by atoms with Gasteiger partial charge in [0, 0.05) is 24.3 Å². The van der Waals surface area contributed by atoms with Crippen molar-refractivity contribution in [2.45, 2.75) is 20.3 Å². The third-order valence-corrected chi connectivity index (χ3v) is 3.58. The molecule has 0 atom stereocenters. The Morgan fingerprint density at radius 1 is 1.39 bits per heavy atom. The van der Waals surface area contributed by atoms with Gasteiger partial charge in [0.15, 0.2) is 0 Å². The van der Waals surface area contributed by atoms with Crippen LogP contribution < -0.4 is 4.74 Å². The lowest BCUT2D eigenvalue weighted by Crippen LogP contribution is -2.34. The first-order valence-corrected chi connectivity index (χ1v) is 7.71. The summed E-state index contributed by atoms with van der Waals surface area (Å²) in [5, 5.41) is 9.13. The molecule has 2 aromatic rings. The van der Waals surface area contributed by atoms with Crippen molar-refractivity contribution in [1.29, 1.82) is 0 Å². The first kappa shape index (κ1) is 17.0. The lowest BCUT2D eigenvalue weighted by Gasteiger charge is -2.20. The van der Waals surface area contributed by atoms with E-state index in [2.05, 4.69) is 9.97 Å². The lowest BCUT2D eigenvalue weighted by atomic mass is 10.2. The van der Waals surface area contributed by atoms with Crippen LogP contribution in [-0.4, -0.2) is 52.7 Å². The van der Waals surface area contributed by atoms with Crippen LogP contribution in [0.15, 0.2) is 24.3 Å². The van der Waals surface area contributed by atoms with Gasteiger partial charge < -0.3 is 19.7 Å². The zero-order valence-corrected chi connectivity index (χ0v) is 13.8. The first-order valence-electron chi connectivity index (χ1n) is 7.71. The minimum atomic E-state index is -0.163. The van der Waals surface area contributed by atoms with Gasteiger partial charge in [-0.25, -0.2) is 4.98 Å². The second-order valence-electron chi connectivity index (χ2n) is 5.31. The molecule has 1 aromatic heterocycles. The van der Waals surface area contributed by atoms with Crippen LogP contribution in [0, 0.1) is 6.92 Å². The highest BCUT2D eigenvalue weighted by Crippen LogP contribution is 2.23. The number of aliphatic hydroxyl groups excluding tert-OH is 1. The molecule has 2 rings (SSSR count). The summed E-state index contributed by atoms with van der Waals surface area (Å²) in [6.07, 6.45) is 0.831. The molecule has 23 heavy (non-hydrogen) atoms. The van der Waals surface area contributed by atoms with E-state index < -0.39 is 0 Å². The number of methoxy groups -OCH3 is 1. The third kappa shape index (κ3) is 3.90. The summed E-state index contributed by atoms with van der Waals surface area (Å²) in [5.41, 5.74) is 1.97. The Hall–Kier alpha value is -2.34. The molecule has 1 aromatic carbocycles. The van der Waals surface area contributed by atoms with Crippen LogP contribution in [0.1, 0.15) is 29.5 Å². The first-order chi connectivity index (χ1) is 11.1. The second-order valence-corrected chi connectivity index (χ2v) is 5.31. The summed E-state index contributed by atoms with van der Waals surface area (Å²) < 4.78 is 5.22. The summed E-state index contributed by atoms with van der Waals surface area (Å²) in [5.74, 6) is 1.20. The fourth-order valence-corrected chi connectivity index (χ4v) is 2.43. The van der Waals surface area contributed by atoms with Crippen molar-refractivity contribution in [1.82, 2.24) is 14.9 Å². The average Bonchev–Trinajstić information content (AvgIpc) is 2.96. The number of aromatic nitrogens is 2. The number of aliphatic hydroxyl groups is 1. The monoisotopic (exact) mass is 317 g/mol. The van der Waals surface area contributed by atoms with Crippen LogP contribution in [0.5, 0.6) is 5.75 Å². The number of carbonyl (C=O) groups excluding carboxylic acids is 1. The molecule has 0 aliphatic carbocycles. The van der Waals surface area contributed by atoms with E-state index in [1.165, 1.54) is 0 Å². The van der Waals surface area contributed by atoms with Gasteiger partial charge in [-0.15, -0.1) is 0 Å². The van der Waals surface area contributed by atoms with Gasteiger partial charge >= 0.3 is 0 Å². The molecule has 1 heterocycles. The number of carbonyl (C=O) groups is 1. The maximum Gasteiger partial charge on any atom is 0.274 e. The fourth-order valence-electron chi connectivity index (χ4n) is 2.43. The number of benzene rings is 1. The molecular weight excluding hydrogens is 294 g/mol. The van der Waals surface area contributed by atoms with Crippen LogP contribution in [0.4, 0.5) is 0 Å². The van der Waals surface area contributed by atoms with E-state index >= 15 is 0 Å². The zero-order chi connectivity index (χ0) is 16.8. The van der Waals surface area contributed by atoms with Crippen LogP contribution in [0.2, 0.25) is 0 Å². The summed E-state index contributed by atoms with van der Waals surface area (Å²) >= 11 is 0. The van der Waals surface area contributed by atoms with Crippen LogP contribution in [-0.2, 0) is 0 Å². The van der Waals surface area contributed by atoms with Gasteiger partial charge in [0.1, 0.15) is 17.3 Å². The molecule has 0 spiro atoms. The molecule has 124 valence electrons. The highest BCUT2D eigenvalue weighted by atomic mass is 16.5. The molecule has 0 saturated heterocycles. The predicted molar refractivity (Wildman–Crippen MR) is 88.6 cm³/mol. The van der Waals surface area contributed by atoms with Crippen molar-refractivity contribution >= 4 is 5.91 Å². The molecule has 0 fully saturated rings. The highest BCUT2D eigenvalue weighted by Gasteiger charge is 2.21. The molecule has 2 N–H and O–H groups in total. The van der Waals surface area contributed by atoms with E-state index in [0.29, 0.717) is 30.3 Å². The number of rotatable bonds is 7. The molecular formula is C17H23N3O3. The van der Waals surface area contributed by atoms with Gasteiger partial charge in [0.2, 0.25) is 0 Å². The van der Waals surface area contributed by atoms with Gasteiger partial charge in [-0.1, -0.05) is 19.1 Å². The molecule has 0 aliphatic rings. The summed E-state index contributed by atoms with van der Waals surface area (Å²) in [6, 6.07) is 7.51. The number of amides is 1. The number of nitrogens with one attached hydrogen (secondary N) is 1. The quantitative estimate of drug-likeness (QED) is 0.821. The number of aryl methyl sites for hydroxylation is 1. The number of ether oxygens (including phenoxy) is 1. The topological polar surface area (TPSA) is 78.4 Å². The van der Waals surface area contributed by atoms with Crippen LogP contribution >= 0.6 is 0 Å². The summed E-state index contributed by atoms with van der Waals surface area (Å²) in [7, 11) is 1.61. The van der Waals surface area contributed by atoms with Gasteiger partial charge in [-0.2, -0.15) is 0 Å². The Kier molecular flexibility index (Phi) is 5.76. The SMILES string of the molecule is CCCN(CCO)C(=O)c1nc(-c2cccc(OC)c2)[nH]c1C. The summed E-state index contributed by atoms with van der Waals surface area (Å²) in [4.78, 5) is 21.9. The van der Waals surface area contributed by atoms with Crippen LogP contribution in [0.3, 0.4) is 0 Å². The van der Waals surface area contributed by atoms with Gasteiger partial charge in [-0.05, 0) is 25.5 Å². The van der Waals surface area contributed by atoms with Crippen molar-refractivity contribution < 1.29 is 14.6 Å². The van der Waals surface area contributed by atoms with Crippen molar-refractivity contribution in [3.8, 4) is 17.1 Å². The Balaban J connectivity index is 2.31. The second kappa shape index (κ2) is 7.78. The van der Waals surface area contributed by atoms with Crippen LogP contribution in [0.25, 0.3) is 11.4 Å². The minimum Gasteiger partial charge on any atom is -0.497 e. The van der Waals surface area contributed by atoms with Gasteiger partial charge in [-0.3, -0.25) is 4.79 Å². The maximum absolute atomic E-state index is 12.6. The predicted octanol–water partition coefficient (Wildman–Crippen LogP) is 2.24. The smallest absolute Gasteiger partial charge is 0.274 e. The van der Waals surface area contributed by atoms with Crippen molar-refractivity contribution in [3.05, 3.63) is 35.7 Å². The van der Waals surface area contributed by atoms with E-state index in [9.17, 15) is 4.79 Å². The number of nitrogens with zero attached hydrogens (tertiary/aromatic N) is 2. The molecule has 6 nitrogen and oxygen atoms in total. The molecule has 1 amide bonds. The van der Waals surface area contributed by atoms with Crippen molar-refractivity contribution in [2.75, 3.05) is 26.8 Å². The standard InChI is InChI=1S/C17H23N3O3/c1-4-8-20(9-10-21)17(22)15-12(2)18-16(19-15)13-6-5-7-14(11-13)23-3/h5-7,11,21H,4,8-10H2,1-3H3,(H,18,19). The fraction of sp³-hybridized carbons (Fsp3) is 0.412. The molecule has 0 radical (unpaired) electrons. The maximum atomic E-state index is 12.6. The third-order valence-electron chi connectivity index (χ3n) is 3.58. The minimum absolute atomic E-state index is 0.0576. The molecule has 6 heteroatoms. The number of aromatic amines is 1. The van der Waals surface area contributed by atoms with E-state index in [4.69, 9.17) is 9.84 Å². The highest BCUT2D eigenvalue weighted by molar-refractivity contribution is 5.94. The molecule has 0 saturated carbocycles. The lowest BCUT2D eigenvalue weighted by molar-refractivity contribution is 0.0716. The molecule has 0 unspecified atom stereocenters. The van der Waals surface area contributed by atoms with Gasteiger partial charge in [0.05, 0.1) is 13.7 Å².